The Labute approximate surface area is 165 Å². The zero-order valence-corrected chi connectivity index (χ0v) is 17.8. The Morgan fingerprint density at radius 2 is 1.70 bits per heavy atom. The first-order valence-corrected chi connectivity index (χ1v) is 10.7. The summed E-state index contributed by atoms with van der Waals surface area (Å²) in [6.07, 6.45) is 4.85. The number of para-hydroxylation sites is 1. The van der Waals surface area contributed by atoms with Gasteiger partial charge in [-0.15, -0.1) is 0 Å². The van der Waals surface area contributed by atoms with E-state index in [4.69, 9.17) is 9.72 Å². The van der Waals surface area contributed by atoms with Gasteiger partial charge in [-0.25, -0.2) is 0 Å². The van der Waals surface area contributed by atoms with Crippen LogP contribution in [0.2, 0.25) is 0 Å². The third-order valence-electron chi connectivity index (χ3n) is 5.22. The summed E-state index contributed by atoms with van der Waals surface area (Å²) in [6, 6.07) is 12.7. The first-order chi connectivity index (χ1) is 13.2. The summed E-state index contributed by atoms with van der Waals surface area (Å²) in [6.45, 7) is 13.2. The maximum atomic E-state index is 5.80. The lowest BCUT2D eigenvalue weighted by Gasteiger charge is -2.39. The van der Waals surface area contributed by atoms with Crippen LogP contribution in [0.5, 0.6) is 5.75 Å². The zero-order chi connectivity index (χ0) is 19.7. The van der Waals surface area contributed by atoms with Gasteiger partial charge in [0.15, 0.2) is 0 Å². The van der Waals surface area contributed by atoms with Gasteiger partial charge < -0.3 is 10.1 Å². The van der Waals surface area contributed by atoms with Crippen LogP contribution >= 0.6 is 0 Å². The van der Waals surface area contributed by atoms with Gasteiger partial charge in [0.05, 0.1) is 18.0 Å². The van der Waals surface area contributed by atoms with Crippen LogP contribution in [0.4, 0.5) is 0 Å². The van der Waals surface area contributed by atoms with E-state index in [9.17, 15) is 0 Å². The van der Waals surface area contributed by atoms with Crippen molar-refractivity contribution in [3.8, 4) is 17.0 Å². The molecule has 27 heavy (non-hydrogen) atoms. The Bertz CT molecular complexity index is 705. The molecule has 0 spiro atoms. The van der Waals surface area contributed by atoms with Gasteiger partial charge in [-0.2, -0.15) is 0 Å². The van der Waals surface area contributed by atoms with Crippen molar-refractivity contribution >= 4 is 0 Å². The van der Waals surface area contributed by atoms with E-state index in [-0.39, 0.29) is 5.41 Å². The molecule has 0 bridgehead atoms. The van der Waals surface area contributed by atoms with Crippen LogP contribution in [0.3, 0.4) is 0 Å². The summed E-state index contributed by atoms with van der Waals surface area (Å²) in [4.78, 5) is 5.04. The largest absolute Gasteiger partial charge is 0.493 e. The molecule has 148 valence electrons. The molecule has 0 saturated heterocycles. The number of benzene rings is 1. The van der Waals surface area contributed by atoms with E-state index in [1.807, 2.05) is 32.9 Å². The molecule has 0 radical (unpaired) electrons. The second-order valence-electron chi connectivity index (χ2n) is 7.00. The smallest absolute Gasteiger partial charge is 0.128 e. The summed E-state index contributed by atoms with van der Waals surface area (Å²) in [5.74, 6) is 0.912. The highest BCUT2D eigenvalue weighted by Crippen LogP contribution is 2.39. The van der Waals surface area contributed by atoms with Gasteiger partial charge >= 0.3 is 0 Å². The first kappa shape index (κ1) is 21.4. The summed E-state index contributed by atoms with van der Waals surface area (Å²) in [7, 11) is 0. The first-order valence-electron chi connectivity index (χ1n) is 10.7. The summed E-state index contributed by atoms with van der Waals surface area (Å²) < 4.78 is 5.80. The van der Waals surface area contributed by atoms with Crippen molar-refractivity contribution in [2.75, 3.05) is 13.2 Å². The molecule has 2 aromatic rings. The average Bonchev–Trinajstić information content (AvgIpc) is 2.71. The summed E-state index contributed by atoms with van der Waals surface area (Å²) in [5, 5.41) is 3.63. The van der Waals surface area contributed by atoms with Crippen molar-refractivity contribution in [1.29, 1.82) is 0 Å². The monoisotopic (exact) mass is 368 g/mol. The minimum Gasteiger partial charge on any atom is -0.493 e. The Morgan fingerprint density at radius 3 is 2.37 bits per heavy atom. The number of rotatable bonds is 7. The van der Waals surface area contributed by atoms with Crippen LogP contribution in [-0.4, -0.2) is 18.1 Å². The van der Waals surface area contributed by atoms with Gasteiger partial charge in [-0.1, -0.05) is 58.7 Å². The predicted octanol–water partition coefficient (Wildman–Crippen LogP) is 6.11. The van der Waals surface area contributed by atoms with Crippen molar-refractivity contribution in [3.05, 3.63) is 47.7 Å². The Kier molecular flexibility index (Phi) is 8.30. The second-order valence-corrected chi connectivity index (χ2v) is 7.00. The SMILES string of the molecule is CC.CCCC1(CCC)CNCc2nc(-c3ccccc3OCC)ccc21. The molecule has 1 aliphatic rings. The van der Waals surface area contributed by atoms with Crippen LogP contribution in [0.25, 0.3) is 11.3 Å². The van der Waals surface area contributed by atoms with Gasteiger partial charge in [0.2, 0.25) is 0 Å². The van der Waals surface area contributed by atoms with Crippen molar-refractivity contribution in [1.82, 2.24) is 10.3 Å². The molecule has 1 aliphatic heterocycles. The van der Waals surface area contributed by atoms with E-state index in [1.165, 1.54) is 36.9 Å². The number of fused-ring (bicyclic) bond motifs is 1. The van der Waals surface area contributed by atoms with Crippen molar-refractivity contribution in [3.63, 3.8) is 0 Å². The molecule has 1 aromatic carbocycles. The van der Waals surface area contributed by atoms with Gasteiger partial charge in [-0.3, -0.25) is 4.98 Å². The number of ether oxygens (including phenoxy) is 1. The van der Waals surface area contributed by atoms with Gasteiger partial charge in [-0.05, 0) is 43.5 Å². The molecule has 0 saturated carbocycles. The number of hydrogen-bond donors (Lipinski definition) is 1. The normalized spacial score (nSPS) is 14.7. The highest BCUT2D eigenvalue weighted by molar-refractivity contribution is 5.67. The molecule has 0 atom stereocenters. The molecule has 3 heteroatoms. The van der Waals surface area contributed by atoms with Gasteiger partial charge in [0, 0.05) is 24.1 Å². The average molecular weight is 369 g/mol. The van der Waals surface area contributed by atoms with E-state index < -0.39 is 0 Å². The molecule has 0 fully saturated rings. The lowest BCUT2D eigenvalue weighted by Crippen LogP contribution is -2.43. The second kappa shape index (κ2) is 10.5. The van der Waals surface area contributed by atoms with Crippen LogP contribution in [0.1, 0.15) is 71.6 Å². The molecule has 2 heterocycles. The molecule has 0 aliphatic carbocycles. The fourth-order valence-corrected chi connectivity index (χ4v) is 4.27. The fraction of sp³-hybridized carbons (Fsp3) is 0.542. The maximum Gasteiger partial charge on any atom is 0.128 e. The standard InChI is InChI=1S/C22H30N2O.C2H6/c1-4-13-22(14-5-2)16-23-15-20-18(22)11-12-19(24-20)17-9-7-8-10-21(17)25-6-3;1-2/h7-12,23H,4-6,13-16H2,1-3H3;1-2H3. The van der Waals surface area contributed by atoms with Crippen LogP contribution in [0.15, 0.2) is 36.4 Å². The van der Waals surface area contributed by atoms with E-state index >= 15 is 0 Å². The minimum atomic E-state index is 0.238. The van der Waals surface area contributed by atoms with Crippen molar-refractivity contribution in [2.24, 2.45) is 0 Å². The van der Waals surface area contributed by atoms with Gasteiger partial charge in [0.25, 0.3) is 0 Å². The fourth-order valence-electron chi connectivity index (χ4n) is 4.27. The van der Waals surface area contributed by atoms with Crippen molar-refractivity contribution in [2.45, 2.75) is 72.3 Å². The van der Waals surface area contributed by atoms with E-state index in [0.717, 1.165) is 30.1 Å². The molecule has 1 aromatic heterocycles. The lowest BCUT2D eigenvalue weighted by atomic mass is 9.71. The molecular weight excluding hydrogens is 332 g/mol. The Balaban J connectivity index is 0.00000126. The van der Waals surface area contributed by atoms with E-state index in [2.05, 4.69) is 43.4 Å². The number of nitrogens with zero attached hydrogens (tertiary/aromatic N) is 1. The third kappa shape index (κ3) is 4.70. The number of hydrogen-bond acceptors (Lipinski definition) is 3. The molecule has 3 rings (SSSR count). The predicted molar refractivity (Wildman–Crippen MR) is 115 cm³/mol. The van der Waals surface area contributed by atoms with Crippen molar-refractivity contribution < 1.29 is 4.74 Å². The Morgan fingerprint density at radius 1 is 1.00 bits per heavy atom. The van der Waals surface area contributed by atoms with E-state index in [0.29, 0.717) is 6.61 Å². The molecular formula is C24H36N2O. The number of nitrogens with one attached hydrogen (secondary N) is 1. The summed E-state index contributed by atoms with van der Waals surface area (Å²) >= 11 is 0. The minimum absolute atomic E-state index is 0.238. The summed E-state index contributed by atoms with van der Waals surface area (Å²) in [5.41, 5.74) is 4.98. The molecule has 0 unspecified atom stereocenters. The quantitative estimate of drug-likeness (QED) is 0.640. The number of aromatic nitrogens is 1. The highest BCUT2D eigenvalue weighted by Gasteiger charge is 2.35. The highest BCUT2D eigenvalue weighted by atomic mass is 16.5. The third-order valence-corrected chi connectivity index (χ3v) is 5.22. The molecule has 0 amide bonds. The van der Waals surface area contributed by atoms with E-state index in [1.54, 1.807) is 0 Å². The Hall–Kier alpha value is -1.87. The zero-order valence-electron chi connectivity index (χ0n) is 17.8. The molecule has 1 N–H and O–H groups in total. The van der Waals surface area contributed by atoms with Crippen LogP contribution in [-0.2, 0) is 12.0 Å². The lowest BCUT2D eigenvalue weighted by molar-refractivity contribution is 0.311. The maximum absolute atomic E-state index is 5.80. The van der Waals surface area contributed by atoms with Gasteiger partial charge in [0.1, 0.15) is 5.75 Å². The molecule has 3 nitrogen and oxygen atoms in total. The van der Waals surface area contributed by atoms with Crippen LogP contribution in [0, 0.1) is 0 Å². The topological polar surface area (TPSA) is 34.2 Å². The number of pyridine rings is 1. The van der Waals surface area contributed by atoms with Crippen LogP contribution < -0.4 is 10.1 Å².